The lowest BCUT2D eigenvalue weighted by atomic mass is 10.1. The van der Waals surface area contributed by atoms with E-state index in [1.807, 2.05) is 0 Å². The van der Waals surface area contributed by atoms with Crippen LogP contribution in [0.3, 0.4) is 0 Å². The number of ketones is 2. The number of ether oxygens (including phenoxy) is 1. The maximum atomic E-state index is 11.9. The molecular formula is C20H18O5. The molecule has 0 radical (unpaired) electrons. The Bertz CT molecular complexity index is 816. The number of rotatable bonds is 7. The highest BCUT2D eigenvalue weighted by molar-refractivity contribution is 6.10. The van der Waals surface area contributed by atoms with E-state index in [-0.39, 0.29) is 29.5 Å². The molecule has 0 fully saturated rings. The Morgan fingerprint density at radius 1 is 0.920 bits per heavy atom. The van der Waals surface area contributed by atoms with Crippen molar-refractivity contribution in [2.45, 2.75) is 6.42 Å². The molecule has 0 saturated carbocycles. The van der Waals surface area contributed by atoms with Crippen LogP contribution in [-0.2, 0) is 9.59 Å². The molecule has 25 heavy (non-hydrogen) atoms. The van der Waals surface area contributed by atoms with E-state index < -0.39 is 0 Å². The molecule has 2 N–H and O–H groups in total. The van der Waals surface area contributed by atoms with Gasteiger partial charge in [0.1, 0.15) is 17.2 Å². The quantitative estimate of drug-likeness (QED) is 0.597. The highest BCUT2D eigenvalue weighted by Crippen LogP contribution is 2.24. The van der Waals surface area contributed by atoms with Gasteiger partial charge in [-0.15, -0.1) is 0 Å². The summed E-state index contributed by atoms with van der Waals surface area (Å²) in [5, 5.41) is 18.6. The second-order valence-corrected chi connectivity index (χ2v) is 5.29. The first-order valence-corrected chi connectivity index (χ1v) is 7.56. The van der Waals surface area contributed by atoms with E-state index in [2.05, 4.69) is 0 Å². The largest absolute Gasteiger partial charge is 0.508 e. The van der Waals surface area contributed by atoms with Gasteiger partial charge in [-0.2, -0.15) is 0 Å². The second-order valence-electron chi connectivity index (χ2n) is 5.29. The monoisotopic (exact) mass is 338 g/mol. The van der Waals surface area contributed by atoms with Crippen molar-refractivity contribution in [1.82, 2.24) is 0 Å². The predicted octanol–water partition coefficient (Wildman–Crippen LogP) is 3.36. The van der Waals surface area contributed by atoms with Crippen molar-refractivity contribution in [3.8, 4) is 17.2 Å². The number of phenolic OH excluding ortho intramolecular Hbond substituents is 2. The van der Waals surface area contributed by atoms with Crippen LogP contribution in [0, 0.1) is 0 Å². The summed E-state index contributed by atoms with van der Waals surface area (Å²) in [7, 11) is 1.46. The van der Waals surface area contributed by atoms with Gasteiger partial charge in [0.2, 0.25) is 0 Å². The van der Waals surface area contributed by atoms with Crippen molar-refractivity contribution in [2.24, 2.45) is 0 Å². The van der Waals surface area contributed by atoms with Crippen LogP contribution in [0.5, 0.6) is 17.2 Å². The minimum Gasteiger partial charge on any atom is -0.508 e. The fraction of sp³-hybridized carbons (Fsp3) is 0.100. The molecule has 0 unspecified atom stereocenters. The molecule has 0 aromatic heterocycles. The molecule has 0 atom stereocenters. The van der Waals surface area contributed by atoms with E-state index >= 15 is 0 Å². The third kappa shape index (κ3) is 5.66. The molecule has 5 heteroatoms. The Labute approximate surface area is 145 Å². The number of methoxy groups -OCH3 is 1. The molecule has 0 amide bonds. The Hall–Kier alpha value is -3.34. The van der Waals surface area contributed by atoms with Gasteiger partial charge in [0.05, 0.1) is 13.5 Å². The number of hydrogen-bond acceptors (Lipinski definition) is 5. The fourth-order valence-corrected chi connectivity index (χ4v) is 2.08. The molecule has 0 heterocycles. The standard InChI is InChI=1S/C20H18O5/c1-25-20-13-19(24)11-6-15(20)5-10-18(23)12-17(22)9-4-14-2-7-16(21)8-3-14/h2-11,13,21,24H,12H2,1H3/b9-4+,10-5+. The van der Waals surface area contributed by atoms with Crippen LogP contribution in [0.2, 0.25) is 0 Å². The van der Waals surface area contributed by atoms with Crippen LogP contribution < -0.4 is 4.74 Å². The zero-order chi connectivity index (χ0) is 18.2. The molecule has 0 bridgehead atoms. The highest BCUT2D eigenvalue weighted by Gasteiger charge is 2.05. The lowest BCUT2D eigenvalue weighted by Gasteiger charge is -2.04. The summed E-state index contributed by atoms with van der Waals surface area (Å²) in [6.45, 7) is 0. The van der Waals surface area contributed by atoms with Crippen LogP contribution in [0.1, 0.15) is 17.5 Å². The van der Waals surface area contributed by atoms with Gasteiger partial charge >= 0.3 is 0 Å². The van der Waals surface area contributed by atoms with Gasteiger partial charge in [-0.05, 0) is 48.1 Å². The third-order valence-electron chi connectivity index (χ3n) is 3.37. The summed E-state index contributed by atoms with van der Waals surface area (Å²) < 4.78 is 5.12. The summed E-state index contributed by atoms with van der Waals surface area (Å²) in [4.78, 5) is 23.7. The van der Waals surface area contributed by atoms with Gasteiger partial charge in [-0.25, -0.2) is 0 Å². The van der Waals surface area contributed by atoms with Crippen molar-refractivity contribution in [2.75, 3.05) is 7.11 Å². The average Bonchev–Trinajstić information content (AvgIpc) is 2.60. The molecule has 0 aliphatic carbocycles. The lowest BCUT2D eigenvalue weighted by Crippen LogP contribution is -2.02. The van der Waals surface area contributed by atoms with E-state index in [9.17, 15) is 19.8 Å². The number of carbonyl (C=O) groups is 2. The molecule has 2 aromatic carbocycles. The number of carbonyl (C=O) groups excluding carboxylic acids is 2. The van der Waals surface area contributed by atoms with Crippen LogP contribution >= 0.6 is 0 Å². The van der Waals surface area contributed by atoms with Crippen LogP contribution in [0.15, 0.2) is 54.6 Å². The molecule has 2 rings (SSSR count). The molecule has 128 valence electrons. The van der Waals surface area contributed by atoms with Crippen LogP contribution in [0.25, 0.3) is 12.2 Å². The summed E-state index contributed by atoms with van der Waals surface area (Å²) in [5.41, 5.74) is 1.38. The van der Waals surface area contributed by atoms with Gasteiger partial charge in [0.15, 0.2) is 11.6 Å². The minimum atomic E-state index is -0.338. The van der Waals surface area contributed by atoms with Crippen LogP contribution in [-0.4, -0.2) is 28.9 Å². The molecule has 0 aliphatic heterocycles. The normalized spacial score (nSPS) is 11.1. The van der Waals surface area contributed by atoms with Crippen molar-refractivity contribution >= 4 is 23.7 Å². The maximum absolute atomic E-state index is 11.9. The van der Waals surface area contributed by atoms with Crippen LogP contribution in [0.4, 0.5) is 0 Å². The topological polar surface area (TPSA) is 83.8 Å². The lowest BCUT2D eigenvalue weighted by molar-refractivity contribution is -0.121. The van der Waals surface area contributed by atoms with Gasteiger partial charge in [0, 0.05) is 11.6 Å². The molecule has 5 nitrogen and oxygen atoms in total. The van der Waals surface area contributed by atoms with E-state index in [1.165, 1.54) is 49.6 Å². The van der Waals surface area contributed by atoms with Gasteiger partial charge in [0.25, 0.3) is 0 Å². The number of benzene rings is 2. The van der Waals surface area contributed by atoms with Crippen molar-refractivity contribution in [3.05, 3.63) is 65.7 Å². The Morgan fingerprint density at radius 3 is 2.16 bits per heavy atom. The zero-order valence-corrected chi connectivity index (χ0v) is 13.7. The third-order valence-corrected chi connectivity index (χ3v) is 3.37. The van der Waals surface area contributed by atoms with E-state index in [4.69, 9.17) is 4.74 Å². The Morgan fingerprint density at radius 2 is 1.52 bits per heavy atom. The minimum absolute atomic E-state index is 0.0647. The van der Waals surface area contributed by atoms with E-state index in [0.717, 1.165) is 5.56 Å². The maximum Gasteiger partial charge on any atom is 0.163 e. The Balaban J connectivity index is 1.95. The van der Waals surface area contributed by atoms with E-state index in [1.54, 1.807) is 24.3 Å². The predicted molar refractivity (Wildman–Crippen MR) is 95.5 cm³/mol. The Kier molecular flexibility index (Phi) is 6.12. The number of phenols is 2. The summed E-state index contributed by atoms with van der Waals surface area (Å²) in [5.74, 6) is -0.0122. The fourth-order valence-electron chi connectivity index (χ4n) is 2.08. The number of aromatic hydroxyl groups is 2. The van der Waals surface area contributed by atoms with Gasteiger partial charge in [-0.3, -0.25) is 9.59 Å². The zero-order valence-electron chi connectivity index (χ0n) is 13.7. The van der Waals surface area contributed by atoms with Crippen molar-refractivity contribution in [3.63, 3.8) is 0 Å². The molecule has 0 spiro atoms. The number of allylic oxidation sites excluding steroid dienone is 2. The summed E-state index contributed by atoms with van der Waals surface area (Å²) >= 11 is 0. The molecule has 2 aromatic rings. The smallest absolute Gasteiger partial charge is 0.163 e. The molecular weight excluding hydrogens is 320 g/mol. The molecule has 0 aliphatic rings. The first-order chi connectivity index (χ1) is 12.0. The second kappa shape index (κ2) is 8.49. The van der Waals surface area contributed by atoms with Crippen molar-refractivity contribution < 1.29 is 24.5 Å². The molecule has 0 saturated heterocycles. The van der Waals surface area contributed by atoms with Gasteiger partial charge in [-0.1, -0.05) is 18.2 Å². The first-order valence-electron chi connectivity index (χ1n) is 7.56. The highest BCUT2D eigenvalue weighted by atomic mass is 16.5. The number of hydrogen-bond donors (Lipinski definition) is 2. The summed E-state index contributed by atoms with van der Waals surface area (Å²) in [6.07, 6.45) is 5.52. The van der Waals surface area contributed by atoms with Crippen molar-refractivity contribution in [1.29, 1.82) is 0 Å². The SMILES string of the molecule is COc1cc(O)ccc1/C=C/C(=O)CC(=O)/C=C/c1ccc(O)cc1. The van der Waals surface area contributed by atoms with E-state index in [0.29, 0.717) is 11.3 Å². The first kappa shape index (κ1) is 18.0. The van der Waals surface area contributed by atoms with Gasteiger partial charge < -0.3 is 14.9 Å². The summed E-state index contributed by atoms with van der Waals surface area (Å²) in [6, 6.07) is 10.9. The average molecular weight is 338 g/mol.